The minimum Gasteiger partial charge on any atom is -0.292 e. The maximum absolute atomic E-state index is 13.1. The van der Waals surface area contributed by atoms with Gasteiger partial charge in [0.15, 0.2) is 0 Å². The fourth-order valence-corrected chi connectivity index (χ4v) is 4.41. The Morgan fingerprint density at radius 2 is 1.83 bits per heavy atom. The third kappa shape index (κ3) is 5.69. The van der Waals surface area contributed by atoms with Crippen molar-refractivity contribution in [1.82, 2.24) is 14.6 Å². The van der Waals surface area contributed by atoms with Gasteiger partial charge in [0.25, 0.3) is 5.91 Å². The van der Waals surface area contributed by atoms with Gasteiger partial charge in [-0.3, -0.25) is 9.69 Å². The Labute approximate surface area is 169 Å². The smallest absolute Gasteiger partial charge is 0.254 e. The molecule has 1 aliphatic heterocycles. The van der Waals surface area contributed by atoms with Crippen molar-refractivity contribution in [2.24, 2.45) is 5.10 Å². The van der Waals surface area contributed by atoms with Gasteiger partial charge in [-0.25, -0.2) is 18.2 Å². The largest absolute Gasteiger partial charge is 0.292 e. The molecule has 0 spiro atoms. The molecule has 1 N–H and O–H groups in total. The number of hydrazone groups is 1. The topological polar surface area (TPSA) is 82.1 Å². The Balaban J connectivity index is 1.48. The van der Waals surface area contributed by atoms with Gasteiger partial charge < -0.3 is 0 Å². The first-order chi connectivity index (χ1) is 13.8. The van der Waals surface area contributed by atoms with Crippen LogP contribution in [0.25, 0.3) is 0 Å². The normalized spacial score (nSPS) is 16.2. The van der Waals surface area contributed by atoms with E-state index in [-0.39, 0.29) is 23.2 Å². The molecule has 1 amide bonds. The number of rotatable bonds is 6. The van der Waals surface area contributed by atoms with E-state index in [1.54, 1.807) is 36.4 Å². The van der Waals surface area contributed by atoms with E-state index in [1.807, 2.05) is 11.8 Å². The van der Waals surface area contributed by atoms with Gasteiger partial charge in [0.05, 0.1) is 17.7 Å². The molecule has 0 atom stereocenters. The minimum absolute atomic E-state index is 0.110. The Bertz CT molecular complexity index is 985. The lowest BCUT2D eigenvalue weighted by atomic mass is 10.2. The highest BCUT2D eigenvalue weighted by Crippen LogP contribution is 2.18. The number of amides is 1. The monoisotopic (exact) mass is 418 g/mol. The predicted octanol–water partition coefficient (Wildman–Crippen LogP) is 1.59. The highest BCUT2D eigenvalue weighted by molar-refractivity contribution is 7.89. The summed E-state index contributed by atoms with van der Waals surface area (Å²) < 4.78 is 40.0. The SMILES string of the molecule is Cc1ccc(S(=O)(=O)N2CCN(CC(=O)NN=Cc3cccc(F)c3)CC2)cc1. The summed E-state index contributed by atoms with van der Waals surface area (Å²) >= 11 is 0. The maximum atomic E-state index is 13.1. The maximum Gasteiger partial charge on any atom is 0.254 e. The number of nitrogens with one attached hydrogen (secondary N) is 1. The molecule has 0 radical (unpaired) electrons. The number of halogens is 1. The molecule has 1 heterocycles. The molecule has 0 bridgehead atoms. The Hall–Kier alpha value is -2.62. The minimum atomic E-state index is -3.53. The number of hydrogen-bond donors (Lipinski definition) is 1. The molecule has 1 saturated heterocycles. The molecular weight excluding hydrogens is 395 g/mol. The number of carbonyl (C=O) groups is 1. The molecule has 154 valence electrons. The van der Waals surface area contributed by atoms with Gasteiger partial charge >= 0.3 is 0 Å². The van der Waals surface area contributed by atoms with Crippen molar-refractivity contribution >= 4 is 22.1 Å². The summed E-state index contributed by atoms with van der Waals surface area (Å²) in [7, 11) is -3.53. The number of aryl methyl sites for hydroxylation is 1. The van der Waals surface area contributed by atoms with Crippen LogP contribution >= 0.6 is 0 Å². The highest BCUT2D eigenvalue weighted by atomic mass is 32.2. The van der Waals surface area contributed by atoms with E-state index in [1.165, 1.54) is 22.7 Å². The quantitative estimate of drug-likeness (QED) is 0.571. The number of sulfonamides is 1. The molecule has 0 saturated carbocycles. The molecular formula is C20H23FN4O3S. The van der Waals surface area contributed by atoms with Gasteiger partial charge in [0.2, 0.25) is 10.0 Å². The average Bonchev–Trinajstić information content (AvgIpc) is 2.69. The lowest BCUT2D eigenvalue weighted by molar-refractivity contribution is -0.122. The zero-order valence-corrected chi connectivity index (χ0v) is 16.9. The van der Waals surface area contributed by atoms with E-state index < -0.39 is 10.0 Å². The van der Waals surface area contributed by atoms with Gasteiger partial charge in [-0.1, -0.05) is 29.8 Å². The highest BCUT2D eigenvalue weighted by Gasteiger charge is 2.28. The zero-order chi connectivity index (χ0) is 20.9. The summed E-state index contributed by atoms with van der Waals surface area (Å²) in [5, 5.41) is 3.82. The van der Waals surface area contributed by atoms with Gasteiger partial charge in [-0.15, -0.1) is 0 Å². The number of benzene rings is 2. The van der Waals surface area contributed by atoms with E-state index >= 15 is 0 Å². The fraction of sp³-hybridized carbons (Fsp3) is 0.300. The standard InChI is InChI=1S/C20H23FN4O3S/c1-16-5-7-19(8-6-16)29(27,28)25-11-9-24(10-12-25)15-20(26)23-22-14-17-3-2-4-18(21)13-17/h2-8,13-14H,9-12,15H2,1H3,(H,23,26). The third-order valence-electron chi connectivity index (χ3n) is 4.61. The van der Waals surface area contributed by atoms with E-state index in [0.717, 1.165) is 5.56 Å². The summed E-state index contributed by atoms with van der Waals surface area (Å²) in [6, 6.07) is 12.6. The fourth-order valence-electron chi connectivity index (χ4n) is 2.99. The Morgan fingerprint density at radius 1 is 1.14 bits per heavy atom. The number of piperazine rings is 1. The summed E-state index contributed by atoms with van der Waals surface area (Å²) in [5.41, 5.74) is 3.95. The van der Waals surface area contributed by atoms with Crippen LogP contribution in [0.1, 0.15) is 11.1 Å². The van der Waals surface area contributed by atoms with Crippen molar-refractivity contribution in [1.29, 1.82) is 0 Å². The van der Waals surface area contributed by atoms with E-state index in [2.05, 4.69) is 10.5 Å². The Kier molecular flexibility index (Phi) is 6.73. The molecule has 29 heavy (non-hydrogen) atoms. The summed E-state index contributed by atoms with van der Waals surface area (Å²) in [6.07, 6.45) is 1.37. The van der Waals surface area contributed by atoms with Gasteiger partial charge in [0, 0.05) is 26.2 Å². The Morgan fingerprint density at radius 3 is 2.48 bits per heavy atom. The molecule has 0 aliphatic carbocycles. The molecule has 3 rings (SSSR count). The van der Waals surface area contributed by atoms with Gasteiger partial charge in [-0.2, -0.15) is 9.41 Å². The van der Waals surface area contributed by atoms with Crippen molar-refractivity contribution in [3.63, 3.8) is 0 Å². The molecule has 2 aromatic carbocycles. The lowest BCUT2D eigenvalue weighted by Gasteiger charge is -2.33. The average molecular weight is 418 g/mol. The van der Waals surface area contributed by atoms with Gasteiger partial charge in [-0.05, 0) is 36.8 Å². The molecule has 1 aliphatic rings. The van der Waals surface area contributed by atoms with Gasteiger partial charge in [0.1, 0.15) is 5.82 Å². The third-order valence-corrected chi connectivity index (χ3v) is 6.52. The van der Waals surface area contributed by atoms with Crippen LogP contribution in [0.3, 0.4) is 0 Å². The number of hydrogen-bond acceptors (Lipinski definition) is 5. The summed E-state index contributed by atoms with van der Waals surface area (Å²) in [6.45, 7) is 3.55. The molecule has 1 fully saturated rings. The van der Waals surface area contributed by atoms with Crippen molar-refractivity contribution in [3.8, 4) is 0 Å². The first-order valence-corrected chi connectivity index (χ1v) is 10.7. The molecule has 0 aromatic heterocycles. The van der Waals surface area contributed by atoms with Crippen LogP contribution in [-0.4, -0.2) is 62.5 Å². The second kappa shape index (κ2) is 9.25. The molecule has 0 unspecified atom stereocenters. The van der Waals surface area contributed by atoms with Crippen LogP contribution in [0.2, 0.25) is 0 Å². The van der Waals surface area contributed by atoms with Crippen LogP contribution in [-0.2, 0) is 14.8 Å². The van der Waals surface area contributed by atoms with Crippen molar-refractivity contribution < 1.29 is 17.6 Å². The van der Waals surface area contributed by atoms with E-state index in [4.69, 9.17) is 0 Å². The van der Waals surface area contributed by atoms with E-state index in [9.17, 15) is 17.6 Å². The molecule has 2 aromatic rings. The second-order valence-electron chi connectivity index (χ2n) is 6.84. The van der Waals surface area contributed by atoms with Crippen molar-refractivity contribution in [3.05, 3.63) is 65.5 Å². The summed E-state index contributed by atoms with van der Waals surface area (Å²) in [4.78, 5) is 14.2. The number of nitrogens with zero attached hydrogens (tertiary/aromatic N) is 3. The van der Waals surface area contributed by atoms with Crippen LogP contribution < -0.4 is 5.43 Å². The first-order valence-electron chi connectivity index (χ1n) is 9.21. The number of carbonyl (C=O) groups excluding carboxylic acids is 1. The van der Waals surface area contributed by atoms with E-state index in [0.29, 0.717) is 31.7 Å². The molecule has 9 heteroatoms. The first kappa shape index (κ1) is 21.1. The lowest BCUT2D eigenvalue weighted by Crippen LogP contribution is -2.50. The van der Waals surface area contributed by atoms with Crippen LogP contribution in [0.5, 0.6) is 0 Å². The van der Waals surface area contributed by atoms with Crippen LogP contribution in [0.15, 0.2) is 58.5 Å². The van der Waals surface area contributed by atoms with Crippen LogP contribution in [0, 0.1) is 12.7 Å². The second-order valence-corrected chi connectivity index (χ2v) is 8.78. The van der Waals surface area contributed by atoms with Crippen molar-refractivity contribution in [2.75, 3.05) is 32.7 Å². The molecule has 7 nitrogen and oxygen atoms in total. The van der Waals surface area contributed by atoms with Crippen LogP contribution in [0.4, 0.5) is 4.39 Å². The summed E-state index contributed by atoms with van der Waals surface area (Å²) in [5.74, 6) is -0.689. The van der Waals surface area contributed by atoms with Crippen molar-refractivity contribution in [2.45, 2.75) is 11.8 Å². The zero-order valence-electron chi connectivity index (χ0n) is 16.1. The predicted molar refractivity (Wildman–Crippen MR) is 109 cm³/mol.